The molecule has 4 nitrogen and oxygen atoms in total. The Morgan fingerprint density at radius 1 is 1.22 bits per heavy atom. The third-order valence-corrected chi connectivity index (χ3v) is 3.10. The Balaban J connectivity index is 2.76. The normalized spacial score (nSPS) is 14.7. The summed E-state index contributed by atoms with van der Waals surface area (Å²) < 4.78 is 5.19. The van der Waals surface area contributed by atoms with Crippen molar-refractivity contribution in [3.05, 3.63) is 23.8 Å². The van der Waals surface area contributed by atoms with Crippen LogP contribution in [0.4, 0.5) is 0 Å². The highest BCUT2D eigenvalue weighted by molar-refractivity contribution is 5.40. The topological polar surface area (TPSA) is 61.7 Å². The number of phenols is 2. The molecular weight excluding hydrogens is 230 g/mol. The first-order valence-corrected chi connectivity index (χ1v) is 6.22. The zero-order chi connectivity index (χ0) is 13.7. The number of phenolic OH excluding ortho intramolecular Hbond substituents is 2. The number of methoxy groups -OCH3 is 1. The smallest absolute Gasteiger partial charge is 0.124 e. The molecule has 0 bridgehead atoms. The molecule has 0 aliphatic rings. The fourth-order valence-corrected chi connectivity index (χ4v) is 1.92. The fourth-order valence-electron chi connectivity index (χ4n) is 1.92. The lowest BCUT2D eigenvalue weighted by molar-refractivity contribution is 0.141. The second-order valence-corrected chi connectivity index (χ2v) is 4.94. The highest BCUT2D eigenvalue weighted by Gasteiger charge is 2.18. The number of rotatable bonds is 6. The van der Waals surface area contributed by atoms with Crippen LogP contribution in [-0.4, -0.2) is 30.0 Å². The van der Waals surface area contributed by atoms with Gasteiger partial charge in [0.15, 0.2) is 0 Å². The van der Waals surface area contributed by atoms with Gasteiger partial charge in [0, 0.05) is 30.8 Å². The Morgan fingerprint density at radius 3 is 2.39 bits per heavy atom. The van der Waals surface area contributed by atoms with Gasteiger partial charge in [0.1, 0.15) is 11.5 Å². The molecule has 102 valence electrons. The summed E-state index contributed by atoms with van der Waals surface area (Å²) in [5.74, 6) is 0.613. The molecule has 18 heavy (non-hydrogen) atoms. The van der Waals surface area contributed by atoms with Crippen LogP contribution in [0.2, 0.25) is 0 Å². The molecule has 1 aromatic carbocycles. The molecule has 0 aliphatic carbocycles. The van der Waals surface area contributed by atoms with E-state index < -0.39 is 0 Å². The van der Waals surface area contributed by atoms with E-state index in [2.05, 4.69) is 19.2 Å². The predicted molar refractivity (Wildman–Crippen MR) is 71.8 cm³/mol. The molecular formula is C14H23NO3. The van der Waals surface area contributed by atoms with Crippen LogP contribution >= 0.6 is 0 Å². The Hall–Kier alpha value is -1.26. The van der Waals surface area contributed by atoms with Crippen molar-refractivity contribution in [1.29, 1.82) is 0 Å². The average molecular weight is 253 g/mol. The maximum Gasteiger partial charge on any atom is 0.124 e. The summed E-state index contributed by atoms with van der Waals surface area (Å²) in [5, 5.41) is 22.5. The van der Waals surface area contributed by atoms with Crippen LogP contribution in [0.15, 0.2) is 18.2 Å². The first-order valence-electron chi connectivity index (χ1n) is 6.22. The van der Waals surface area contributed by atoms with Crippen LogP contribution in [-0.2, 0) is 4.74 Å². The summed E-state index contributed by atoms with van der Waals surface area (Å²) in [5.41, 5.74) is 0.773. The molecule has 0 saturated carbocycles. The summed E-state index contributed by atoms with van der Waals surface area (Å²) in [6, 6.07) is 4.88. The van der Waals surface area contributed by atoms with E-state index in [1.165, 1.54) is 6.07 Å². The van der Waals surface area contributed by atoms with E-state index in [1.807, 2.05) is 6.92 Å². The van der Waals surface area contributed by atoms with E-state index >= 15 is 0 Å². The van der Waals surface area contributed by atoms with Crippen molar-refractivity contribution in [3.63, 3.8) is 0 Å². The summed E-state index contributed by atoms with van der Waals surface area (Å²) in [6.45, 7) is 6.86. The molecule has 0 amide bonds. The molecule has 3 N–H and O–H groups in total. The number of nitrogens with one attached hydrogen (secondary N) is 1. The second-order valence-electron chi connectivity index (χ2n) is 4.94. The number of hydrogen-bond donors (Lipinski definition) is 3. The van der Waals surface area contributed by atoms with Gasteiger partial charge in [-0.05, 0) is 18.9 Å². The Kier molecular flexibility index (Phi) is 5.44. The van der Waals surface area contributed by atoms with Crippen molar-refractivity contribution in [2.24, 2.45) is 5.92 Å². The van der Waals surface area contributed by atoms with Gasteiger partial charge in [-0.15, -0.1) is 0 Å². The van der Waals surface area contributed by atoms with E-state index in [0.29, 0.717) is 12.5 Å². The van der Waals surface area contributed by atoms with Gasteiger partial charge in [-0.25, -0.2) is 0 Å². The van der Waals surface area contributed by atoms with Gasteiger partial charge in [0.25, 0.3) is 0 Å². The van der Waals surface area contributed by atoms with Crippen LogP contribution in [0.25, 0.3) is 0 Å². The number of benzene rings is 1. The van der Waals surface area contributed by atoms with Crippen molar-refractivity contribution in [1.82, 2.24) is 5.32 Å². The first-order chi connectivity index (χ1) is 8.45. The minimum absolute atomic E-state index is 0.00634. The third kappa shape index (κ3) is 3.89. The van der Waals surface area contributed by atoms with Crippen LogP contribution in [0, 0.1) is 5.92 Å². The fraction of sp³-hybridized carbons (Fsp3) is 0.571. The summed E-state index contributed by atoms with van der Waals surface area (Å²) in [4.78, 5) is 0. The third-order valence-electron chi connectivity index (χ3n) is 3.10. The number of hydrogen-bond acceptors (Lipinski definition) is 4. The average Bonchev–Trinajstić information content (AvgIpc) is 2.27. The molecule has 0 fully saturated rings. The van der Waals surface area contributed by atoms with Crippen LogP contribution in [0.5, 0.6) is 11.5 Å². The molecule has 2 atom stereocenters. The van der Waals surface area contributed by atoms with Gasteiger partial charge in [-0.1, -0.05) is 19.9 Å². The molecule has 0 saturated heterocycles. The molecule has 0 radical (unpaired) electrons. The minimum atomic E-state index is -0.00634. The molecule has 0 aliphatic heterocycles. The molecule has 2 unspecified atom stereocenters. The summed E-state index contributed by atoms with van der Waals surface area (Å²) in [7, 11) is 1.68. The zero-order valence-electron chi connectivity index (χ0n) is 11.5. The lowest BCUT2D eigenvalue weighted by Gasteiger charge is -2.26. The first kappa shape index (κ1) is 14.8. The van der Waals surface area contributed by atoms with Gasteiger partial charge < -0.3 is 20.3 Å². The molecule has 1 aromatic rings. The van der Waals surface area contributed by atoms with E-state index in [9.17, 15) is 10.2 Å². The van der Waals surface area contributed by atoms with Crippen molar-refractivity contribution >= 4 is 0 Å². The van der Waals surface area contributed by atoms with Crippen molar-refractivity contribution in [2.75, 3.05) is 13.7 Å². The van der Waals surface area contributed by atoms with E-state index in [0.717, 1.165) is 5.56 Å². The molecule has 4 heteroatoms. The maximum absolute atomic E-state index is 9.81. The standard InChI is InChI=1S/C14H23NO3/c1-9(2)13(8-18-4)15-10(3)12-6-5-11(16)7-14(12)17/h5-7,9-10,13,15-17H,8H2,1-4H3. The van der Waals surface area contributed by atoms with Gasteiger partial charge >= 0.3 is 0 Å². The summed E-state index contributed by atoms with van der Waals surface area (Å²) in [6.07, 6.45) is 0. The zero-order valence-corrected chi connectivity index (χ0v) is 11.5. The van der Waals surface area contributed by atoms with Crippen LogP contribution < -0.4 is 5.32 Å². The maximum atomic E-state index is 9.81. The van der Waals surface area contributed by atoms with Crippen molar-refractivity contribution in [3.8, 4) is 11.5 Å². The van der Waals surface area contributed by atoms with Gasteiger partial charge in [0.2, 0.25) is 0 Å². The van der Waals surface area contributed by atoms with Crippen LogP contribution in [0.3, 0.4) is 0 Å². The largest absolute Gasteiger partial charge is 0.508 e. The predicted octanol–water partition coefficient (Wildman–Crippen LogP) is 2.42. The highest BCUT2D eigenvalue weighted by Crippen LogP contribution is 2.28. The summed E-state index contributed by atoms with van der Waals surface area (Å²) >= 11 is 0. The second kappa shape index (κ2) is 6.61. The number of aromatic hydroxyl groups is 2. The van der Waals surface area contributed by atoms with E-state index in [-0.39, 0.29) is 23.6 Å². The lowest BCUT2D eigenvalue weighted by atomic mass is 10.0. The van der Waals surface area contributed by atoms with Gasteiger partial charge in [0.05, 0.1) is 6.61 Å². The van der Waals surface area contributed by atoms with E-state index in [4.69, 9.17) is 4.74 Å². The molecule has 1 rings (SSSR count). The number of ether oxygens (including phenoxy) is 1. The van der Waals surface area contributed by atoms with Crippen LogP contribution in [0.1, 0.15) is 32.4 Å². The highest BCUT2D eigenvalue weighted by atomic mass is 16.5. The van der Waals surface area contributed by atoms with Gasteiger partial charge in [-0.3, -0.25) is 0 Å². The Morgan fingerprint density at radius 2 is 1.89 bits per heavy atom. The molecule has 0 spiro atoms. The quantitative estimate of drug-likeness (QED) is 0.728. The minimum Gasteiger partial charge on any atom is -0.508 e. The lowest BCUT2D eigenvalue weighted by Crippen LogP contribution is -2.39. The SMILES string of the molecule is COCC(NC(C)c1ccc(O)cc1O)C(C)C. The molecule has 0 heterocycles. The van der Waals surface area contributed by atoms with Crippen molar-refractivity contribution < 1.29 is 14.9 Å². The van der Waals surface area contributed by atoms with Gasteiger partial charge in [-0.2, -0.15) is 0 Å². The monoisotopic (exact) mass is 253 g/mol. The van der Waals surface area contributed by atoms with Crippen molar-refractivity contribution in [2.45, 2.75) is 32.9 Å². The Labute approximate surface area is 109 Å². The van der Waals surface area contributed by atoms with E-state index in [1.54, 1.807) is 19.2 Å². The molecule has 0 aromatic heterocycles. The Bertz CT molecular complexity index is 379.